The van der Waals surface area contributed by atoms with Crippen molar-refractivity contribution >= 4 is 24.1 Å². The average molecular weight is 381 g/mol. The van der Waals surface area contributed by atoms with Gasteiger partial charge in [-0.25, -0.2) is 0 Å². The van der Waals surface area contributed by atoms with Gasteiger partial charge in [0.25, 0.3) is 5.91 Å². The van der Waals surface area contributed by atoms with E-state index in [4.69, 9.17) is 4.74 Å². The van der Waals surface area contributed by atoms with E-state index < -0.39 is 6.10 Å². The Hall–Kier alpha value is -1.59. The van der Waals surface area contributed by atoms with Crippen LogP contribution in [0, 0.1) is 5.92 Å². The van der Waals surface area contributed by atoms with Crippen LogP contribution in [-0.2, 0) is 4.79 Å². The average Bonchev–Trinajstić information content (AvgIpc) is 3.44. The fraction of sp³-hybridized carbons (Fsp3) is 0.600. The highest BCUT2D eigenvalue weighted by Crippen LogP contribution is 2.28. The molecule has 6 heteroatoms. The number of ether oxygens (including phenoxy) is 1. The van der Waals surface area contributed by atoms with Crippen molar-refractivity contribution in [2.45, 2.75) is 51.7 Å². The van der Waals surface area contributed by atoms with Crippen LogP contribution in [0.3, 0.4) is 0 Å². The van der Waals surface area contributed by atoms with Gasteiger partial charge < -0.3 is 15.0 Å². The lowest BCUT2D eigenvalue weighted by Crippen LogP contribution is -2.48. The monoisotopic (exact) mass is 380 g/mol. The first-order chi connectivity index (χ1) is 12.0. The van der Waals surface area contributed by atoms with Crippen molar-refractivity contribution in [3.63, 3.8) is 0 Å². The molecule has 1 saturated heterocycles. The van der Waals surface area contributed by atoms with E-state index >= 15 is 0 Å². The third kappa shape index (κ3) is 5.71. The van der Waals surface area contributed by atoms with Crippen LogP contribution in [0.5, 0.6) is 5.75 Å². The predicted octanol–water partition coefficient (Wildman–Crippen LogP) is 3.07. The molecule has 0 bridgehead atoms. The number of hydrogen-bond acceptors (Lipinski definition) is 4. The number of piperidine rings is 1. The molecule has 0 aromatic heterocycles. The lowest BCUT2D eigenvalue weighted by atomic mass is 10.0. The number of nitrogens with zero attached hydrogens (tertiary/aromatic N) is 1. The third-order valence-corrected chi connectivity index (χ3v) is 5.10. The Morgan fingerprint density at radius 1 is 1.23 bits per heavy atom. The molecule has 3 rings (SSSR count). The number of benzene rings is 1. The van der Waals surface area contributed by atoms with E-state index in [1.54, 1.807) is 31.2 Å². The van der Waals surface area contributed by atoms with E-state index in [-0.39, 0.29) is 24.1 Å². The second kappa shape index (κ2) is 9.38. The van der Waals surface area contributed by atoms with Gasteiger partial charge in [0.05, 0.1) is 0 Å². The first kappa shape index (κ1) is 20.7. The van der Waals surface area contributed by atoms with Gasteiger partial charge in [-0.1, -0.05) is 12.1 Å². The fourth-order valence-electron chi connectivity index (χ4n) is 3.26. The Balaban J connectivity index is 0.00000243. The number of likely N-dealkylation sites (tertiary alicyclic amines) is 1. The normalized spacial score (nSPS) is 18.8. The maximum atomic E-state index is 12.6. The molecule has 2 aliphatic rings. The number of nitrogens with one attached hydrogen (secondary N) is 1. The van der Waals surface area contributed by atoms with Crippen LogP contribution in [0.1, 0.15) is 49.9 Å². The summed E-state index contributed by atoms with van der Waals surface area (Å²) >= 11 is 0. The van der Waals surface area contributed by atoms with E-state index in [0.717, 1.165) is 38.4 Å². The molecule has 1 aliphatic carbocycles. The summed E-state index contributed by atoms with van der Waals surface area (Å²) in [6, 6.07) is 7.54. The van der Waals surface area contributed by atoms with Crippen LogP contribution in [0.15, 0.2) is 24.3 Å². The molecule has 0 spiro atoms. The quantitative estimate of drug-likeness (QED) is 0.738. The number of carbonyl (C=O) groups excluding carboxylic acids is 2. The molecule has 1 aromatic carbocycles. The molecule has 1 aliphatic heterocycles. The summed E-state index contributed by atoms with van der Waals surface area (Å²) in [4.78, 5) is 26.0. The number of halogens is 1. The summed E-state index contributed by atoms with van der Waals surface area (Å²) in [5.41, 5.74) is 0.597. The van der Waals surface area contributed by atoms with Crippen molar-refractivity contribution < 1.29 is 14.3 Å². The van der Waals surface area contributed by atoms with Crippen LogP contribution in [-0.4, -0.2) is 48.4 Å². The summed E-state index contributed by atoms with van der Waals surface area (Å²) in [5.74, 6) is 1.47. The Morgan fingerprint density at radius 2 is 1.92 bits per heavy atom. The van der Waals surface area contributed by atoms with E-state index in [0.29, 0.717) is 17.4 Å². The zero-order chi connectivity index (χ0) is 17.8. The third-order valence-electron chi connectivity index (χ3n) is 5.10. The Labute approximate surface area is 161 Å². The van der Waals surface area contributed by atoms with Crippen molar-refractivity contribution in [2.75, 3.05) is 19.6 Å². The van der Waals surface area contributed by atoms with Crippen LogP contribution < -0.4 is 10.1 Å². The van der Waals surface area contributed by atoms with Crippen molar-refractivity contribution in [1.29, 1.82) is 0 Å². The van der Waals surface area contributed by atoms with Gasteiger partial charge in [0.15, 0.2) is 11.9 Å². The molecule has 5 nitrogen and oxygen atoms in total. The van der Waals surface area contributed by atoms with Gasteiger partial charge in [-0.3, -0.25) is 9.59 Å². The molecule has 0 radical (unpaired) electrons. The number of hydrogen-bond donors (Lipinski definition) is 1. The lowest BCUT2D eigenvalue weighted by Gasteiger charge is -2.34. The molecule has 1 aromatic rings. The van der Waals surface area contributed by atoms with Crippen molar-refractivity contribution in [3.05, 3.63) is 29.8 Å². The van der Waals surface area contributed by atoms with Crippen LogP contribution in [0.4, 0.5) is 0 Å². The lowest BCUT2D eigenvalue weighted by molar-refractivity contribution is -0.139. The summed E-state index contributed by atoms with van der Waals surface area (Å²) in [7, 11) is 0. The number of Topliss-reactive ketones (excluding diaryl/α,β-unsaturated/α-hetero) is 1. The number of ketones is 1. The molecule has 1 saturated carbocycles. The topological polar surface area (TPSA) is 58.6 Å². The number of carbonyl (C=O) groups is 2. The number of rotatable bonds is 7. The van der Waals surface area contributed by atoms with Gasteiger partial charge in [-0.2, -0.15) is 0 Å². The summed E-state index contributed by atoms with van der Waals surface area (Å²) < 4.78 is 5.78. The molecule has 144 valence electrons. The molecule has 1 atom stereocenters. The highest BCUT2D eigenvalue weighted by atomic mass is 35.5. The summed E-state index contributed by atoms with van der Waals surface area (Å²) in [6.07, 6.45) is 4.20. The molecule has 1 amide bonds. The van der Waals surface area contributed by atoms with Crippen LogP contribution in [0.2, 0.25) is 0 Å². The highest BCUT2D eigenvalue weighted by Gasteiger charge is 2.28. The molecule has 2 fully saturated rings. The first-order valence-electron chi connectivity index (χ1n) is 9.32. The van der Waals surface area contributed by atoms with Gasteiger partial charge >= 0.3 is 0 Å². The van der Waals surface area contributed by atoms with Gasteiger partial charge in [0.2, 0.25) is 0 Å². The summed E-state index contributed by atoms with van der Waals surface area (Å²) in [6.45, 7) is 5.99. The molecule has 26 heavy (non-hydrogen) atoms. The SMILES string of the molecule is CC(=O)c1cccc(OC(C)C(=O)N2CCC(NCC3CC3)CC2)c1.Cl. The fourth-order valence-corrected chi connectivity index (χ4v) is 3.26. The van der Waals surface area contributed by atoms with E-state index in [2.05, 4.69) is 5.32 Å². The standard InChI is InChI=1S/C20H28N2O3.ClH/c1-14(23)17-4-3-5-19(12-17)25-15(2)20(24)22-10-8-18(9-11-22)21-13-16-6-7-16;/h3-5,12,15-16,18,21H,6-11,13H2,1-2H3;1H. The second-order valence-electron chi connectivity index (χ2n) is 7.30. The van der Waals surface area contributed by atoms with Crippen LogP contribution >= 0.6 is 12.4 Å². The van der Waals surface area contributed by atoms with Gasteiger partial charge in [0, 0.05) is 24.7 Å². The molecule has 1 heterocycles. The van der Waals surface area contributed by atoms with Gasteiger partial charge in [-0.15, -0.1) is 12.4 Å². The van der Waals surface area contributed by atoms with E-state index in [1.807, 2.05) is 4.90 Å². The molecular weight excluding hydrogens is 352 g/mol. The Kier molecular flexibility index (Phi) is 7.47. The predicted molar refractivity (Wildman–Crippen MR) is 104 cm³/mol. The maximum absolute atomic E-state index is 12.6. The largest absolute Gasteiger partial charge is 0.481 e. The zero-order valence-corrected chi connectivity index (χ0v) is 16.4. The van der Waals surface area contributed by atoms with E-state index in [9.17, 15) is 9.59 Å². The molecular formula is C20H29ClN2O3. The zero-order valence-electron chi connectivity index (χ0n) is 15.6. The minimum atomic E-state index is -0.543. The smallest absolute Gasteiger partial charge is 0.263 e. The van der Waals surface area contributed by atoms with Gasteiger partial charge in [0.1, 0.15) is 5.75 Å². The minimum Gasteiger partial charge on any atom is -0.481 e. The molecule has 1 unspecified atom stereocenters. The maximum Gasteiger partial charge on any atom is 0.263 e. The van der Waals surface area contributed by atoms with Crippen LogP contribution in [0.25, 0.3) is 0 Å². The van der Waals surface area contributed by atoms with Crippen molar-refractivity contribution in [1.82, 2.24) is 10.2 Å². The molecule has 1 N–H and O–H groups in total. The Morgan fingerprint density at radius 3 is 2.54 bits per heavy atom. The van der Waals surface area contributed by atoms with Crippen molar-refractivity contribution in [3.8, 4) is 5.75 Å². The Bertz CT molecular complexity index is 625. The minimum absolute atomic E-state index is 0. The van der Waals surface area contributed by atoms with Gasteiger partial charge in [-0.05, 0) is 64.1 Å². The number of amides is 1. The highest BCUT2D eigenvalue weighted by molar-refractivity contribution is 5.94. The summed E-state index contributed by atoms with van der Waals surface area (Å²) in [5, 5.41) is 3.63. The first-order valence-corrected chi connectivity index (χ1v) is 9.32. The second-order valence-corrected chi connectivity index (χ2v) is 7.30. The van der Waals surface area contributed by atoms with Crippen molar-refractivity contribution in [2.24, 2.45) is 5.92 Å². The van der Waals surface area contributed by atoms with E-state index in [1.165, 1.54) is 19.8 Å².